The molecule has 1 radical (unpaired) electrons. The number of aromatic nitrogens is 5. The minimum absolute atomic E-state index is 0. The van der Waals surface area contributed by atoms with E-state index in [0.29, 0.717) is 23.5 Å². The maximum absolute atomic E-state index is 6.02. The zero-order valence-electron chi connectivity index (χ0n) is 34.1. The quantitative estimate of drug-likeness (QED) is 0.107. The fourth-order valence-electron chi connectivity index (χ4n) is 6.99. The van der Waals surface area contributed by atoms with Gasteiger partial charge in [0.05, 0.1) is 36.2 Å². The summed E-state index contributed by atoms with van der Waals surface area (Å²) in [5, 5.41) is 3.55. The first kappa shape index (κ1) is 41.2. The first-order valence-electron chi connectivity index (χ1n) is 19.2. The van der Waals surface area contributed by atoms with Crippen LogP contribution < -0.4 is 5.19 Å². The predicted octanol–water partition coefficient (Wildman–Crippen LogP) is 12.1. The molecule has 0 fully saturated rings. The summed E-state index contributed by atoms with van der Waals surface area (Å²) in [6.45, 7) is 28.2. The topological polar surface area (TPSA) is 69.6 Å². The Morgan fingerprint density at radius 1 is 0.852 bits per heavy atom. The summed E-state index contributed by atoms with van der Waals surface area (Å²) in [5.74, 6) is 2.11. The van der Waals surface area contributed by atoms with Gasteiger partial charge in [-0.05, 0) is 59.2 Å². The van der Waals surface area contributed by atoms with E-state index in [1.54, 1.807) is 0 Å². The minimum atomic E-state index is -1.43. The third-order valence-corrected chi connectivity index (χ3v) is 13.0. The second kappa shape index (κ2) is 16.4. The summed E-state index contributed by atoms with van der Waals surface area (Å²) in [6, 6.07) is 27.3. The average molecular weight is 914 g/mol. The largest absolute Gasteiger partial charge is 0.486 e. The van der Waals surface area contributed by atoms with E-state index in [-0.39, 0.29) is 25.5 Å². The molecule has 7 aromatic rings. The Hall–Kier alpha value is -3.97. The van der Waals surface area contributed by atoms with Gasteiger partial charge in [0.15, 0.2) is 0 Å². The van der Waals surface area contributed by atoms with Crippen molar-refractivity contribution in [2.24, 2.45) is 5.41 Å². The number of nitrogens with zero attached hydrogens (tertiary/aromatic N) is 5. The average Bonchev–Trinajstić information content (AvgIpc) is 3.72. The molecule has 0 aliphatic carbocycles. The first-order chi connectivity index (χ1) is 25.1. The normalized spacial score (nSPS) is 12.7. The maximum Gasteiger partial charge on any atom is 0.216 e. The number of fused-ring (bicyclic) bond motifs is 4. The van der Waals surface area contributed by atoms with Gasteiger partial charge < -0.3 is 14.0 Å². The predicted molar refractivity (Wildman–Crippen MR) is 225 cm³/mol. The molecule has 0 saturated heterocycles. The summed E-state index contributed by atoms with van der Waals surface area (Å²) in [5.41, 5.74) is 10.5. The minimum Gasteiger partial charge on any atom is -0.486 e. The van der Waals surface area contributed by atoms with Gasteiger partial charge in [0.2, 0.25) is 5.71 Å². The number of furan rings is 1. The molecule has 0 aliphatic rings. The smallest absolute Gasteiger partial charge is 0.216 e. The van der Waals surface area contributed by atoms with Gasteiger partial charge in [-0.3, -0.25) is 9.97 Å². The van der Waals surface area contributed by atoms with Crippen molar-refractivity contribution in [2.45, 2.75) is 113 Å². The van der Waals surface area contributed by atoms with E-state index in [1.165, 1.54) is 17.2 Å². The van der Waals surface area contributed by atoms with Crippen LogP contribution >= 0.6 is 0 Å². The molecule has 5 heterocycles. The third-order valence-electron chi connectivity index (χ3n) is 10.9. The molecule has 285 valence electrons. The molecule has 1 unspecified atom stereocenters. The molecule has 0 saturated carbocycles. The molecule has 0 amide bonds. The second-order valence-corrected chi connectivity index (χ2v) is 21.7. The van der Waals surface area contributed by atoms with Crippen LogP contribution in [0.1, 0.15) is 103 Å². The molecule has 0 bridgehead atoms. The van der Waals surface area contributed by atoms with Gasteiger partial charge >= 0.3 is 0 Å². The van der Waals surface area contributed by atoms with Crippen LogP contribution in [0.4, 0.5) is 0 Å². The number of rotatable bonds is 9. The summed E-state index contributed by atoms with van der Waals surface area (Å²) in [6.07, 6.45) is 5.16. The standard InChI is InChI=1S/C25H25N4O.C21H30NSi.Ir/c1-6-29-23-20(11-12-26-22(23)15(4)5)27-24(29)16-7-10-21-18(13-16)17-8-9-19(14(2)3)28-25(17)30-21;1-8-21(3,4)16(2)18-14-19(17-12-10-9-11-13-17)22-15-20(18)23(5,6)7;/h8-15H,6H2,1-5H3;9-12,14-16H,8H2,1-7H3;/q2*-1;. The Labute approximate surface area is 336 Å². The molecule has 7 rings (SSSR count). The molecular weight excluding hydrogens is 859 g/mol. The van der Waals surface area contributed by atoms with Crippen molar-refractivity contribution in [3.8, 4) is 22.6 Å². The zero-order chi connectivity index (χ0) is 38.2. The van der Waals surface area contributed by atoms with Crippen LogP contribution in [0.3, 0.4) is 0 Å². The van der Waals surface area contributed by atoms with E-state index < -0.39 is 8.07 Å². The Morgan fingerprint density at radius 3 is 2.24 bits per heavy atom. The van der Waals surface area contributed by atoms with E-state index in [0.717, 1.165) is 68.0 Å². The van der Waals surface area contributed by atoms with Crippen molar-refractivity contribution in [1.82, 2.24) is 24.5 Å². The van der Waals surface area contributed by atoms with E-state index in [2.05, 4.69) is 146 Å². The SMILES string of the molecule is CCC(C)(C)C(C)c1cc(-c2[c-]cccc2)ncc1[Si](C)(C)C.CCn1c(-c2[c-]cc3oc4nc(C(C)C)ccc4c3c2)nc2ccnc(C(C)C)c21.[Ir]. The van der Waals surface area contributed by atoms with Crippen LogP contribution in [0, 0.1) is 17.5 Å². The van der Waals surface area contributed by atoms with Gasteiger partial charge in [-0.1, -0.05) is 98.5 Å². The third kappa shape index (κ3) is 8.17. The fraction of sp³-hybridized carbons (Fsp3) is 0.391. The molecule has 6 nitrogen and oxygen atoms in total. The fourth-order valence-corrected chi connectivity index (χ4v) is 8.60. The van der Waals surface area contributed by atoms with Crippen molar-refractivity contribution >= 4 is 46.4 Å². The molecule has 5 aromatic heterocycles. The van der Waals surface area contributed by atoms with Crippen LogP contribution in [0.15, 0.2) is 77.5 Å². The molecule has 54 heavy (non-hydrogen) atoms. The molecular formula is C46H55IrN5OSi-2. The number of pyridine rings is 3. The first-order valence-corrected chi connectivity index (χ1v) is 22.7. The Balaban J connectivity index is 0.000000212. The van der Waals surface area contributed by atoms with Gasteiger partial charge in [-0.25, -0.2) is 4.98 Å². The molecule has 8 heteroatoms. The molecule has 0 spiro atoms. The van der Waals surface area contributed by atoms with Crippen molar-refractivity contribution < 1.29 is 24.5 Å². The van der Waals surface area contributed by atoms with Crippen LogP contribution in [0.2, 0.25) is 19.6 Å². The van der Waals surface area contributed by atoms with Crippen molar-refractivity contribution in [1.29, 1.82) is 0 Å². The van der Waals surface area contributed by atoms with Crippen LogP contribution in [-0.2, 0) is 26.7 Å². The number of benzene rings is 2. The van der Waals surface area contributed by atoms with Gasteiger partial charge in [0.25, 0.3) is 0 Å². The maximum atomic E-state index is 6.02. The summed E-state index contributed by atoms with van der Waals surface area (Å²) in [7, 11) is -1.43. The zero-order valence-corrected chi connectivity index (χ0v) is 37.4. The van der Waals surface area contributed by atoms with Crippen molar-refractivity contribution in [2.75, 3.05) is 0 Å². The number of imidazole rings is 1. The van der Waals surface area contributed by atoms with Gasteiger partial charge in [0, 0.05) is 50.1 Å². The van der Waals surface area contributed by atoms with Gasteiger partial charge in [-0.2, -0.15) is 0 Å². The van der Waals surface area contributed by atoms with Crippen molar-refractivity contribution in [3.63, 3.8) is 0 Å². The Kier molecular flexibility index (Phi) is 12.5. The van der Waals surface area contributed by atoms with Crippen molar-refractivity contribution in [3.05, 3.63) is 102 Å². The van der Waals surface area contributed by atoms with Gasteiger partial charge in [-0.15, -0.1) is 59.7 Å². The molecule has 1 atom stereocenters. The van der Waals surface area contributed by atoms with Crippen LogP contribution in [0.5, 0.6) is 0 Å². The van der Waals surface area contributed by atoms with Gasteiger partial charge in [0.1, 0.15) is 0 Å². The summed E-state index contributed by atoms with van der Waals surface area (Å²) < 4.78 is 8.26. The van der Waals surface area contributed by atoms with E-state index >= 15 is 0 Å². The molecule has 0 aliphatic heterocycles. The molecule has 0 N–H and O–H groups in total. The monoisotopic (exact) mass is 914 g/mol. The molecule has 2 aromatic carbocycles. The number of hydrogen-bond donors (Lipinski definition) is 0. The summed E-state index contributed by atoms with van der Waals surface area (Å²) in [4.78, 5) is 19.1. The Morgan fingerprint density at radius 2 is 1.61 bits per heavy atom. The van der Waals surface area contributed by atoms with Crippen LogP contribution in [0.25, 0.3) is 55.7 Å². The summed E-state index contributed by atoms with van der Waals surface area (Å²) >= 11 is 0. The second-order valence-electron chi connectivity index (χ2n) is 16.6. The Bertz CT molecular complexity index is 2370. The van der Waals surface area contributed by atoms with E-state index in [9.17, 15) is 0 Å². The van der Waals surface area contributed by atoms with E-state index in [4.69, 9.17) is 19.4 Å². The van der Waals surface area contributed by atoms with Crippen LogP contribution in [-0.4, -0.2) is 32.6 Å². The number of aryl methyl sites for hydroxylation is 1. The number of hydrogen-bond acceptors (Lipinski definition) is 5. The van der Waals surface area contributed by atoms with E-state index in [1.807, 2.05) is 30.5 Å².